The fourth-order valence-electron chi connectivity index (χ4n) is 3.32. The molecule has 1 atom stereocenters. The topological polar surface area (TPSA) is 32.3 Å². The monoisotopic (exact) mass is 322 g/mol. The second-order valence-electron chi connectivity index (χ2n) is 6.77. The molecule has 2 amide bonds. The Bertz CT molecular complexity index is 676. The Morgan fingerprint density at radius 3 is 2.21 bits per heavy atom. The van der Waals surface area contributed by atoms with Gasteiger partial charge in [-0.2, -0.15) is 0 Å². The molecule has 0 aliphatic carbocycles. The van der Waals surface area contributed by atoms with Gasteiger partial charge in [0.25, 0.3) is 0 Å². The van der Waals surface area contributed by atoms with Crippen molar-refractivity contribution < 1.29 is 4.79 Å². The highest BCUT2D eigenvalue weighted by Gasteiger charge is 2.26. The summed E-state index contributed by atoms with van der Waals surface area (Å²) >= 11 is 0. The third-order valence-corrected chi connectivity index (χ3v) is 4.78. The lowest BCUT2D eigenvalue weighted by atomic mass is 10.00. The summed E-state index contributed by atoms with van der Waals surface area (Å²) in [6, 6.07) is 16.7. The van der Waals surface area contributed by atoms with Gasteiger partial charge in [0, 0.05) is 12.2 Å². The van der Waals surface area contributed by atoms with E-state index in [2.05, 4.69) is 36.5 Å². The Kier molecular flexibility index (Phi) is 5.19. The summed E-state index contributed by atoms with van der Waals surface area (Å²) < 4.78 is 0. The fourth-order valence-corrected chi connectivity index (χ4v) is 3.32. The van der Waals surface area contributed by atoms with Crippen molar-refractivity contribution in [2.45, 2.75) is 45.6 Å². The lowest BCUT2D eigenvalue weighted by molar-refractivity contribution is 0.189. The van der Waals surface area contributed by atoms with E-state index in [4.69, 9.17) is 0 Å². The summed E-state index contributed by atoms with van der Waals surface area (Å²) in [5, 5.41) is 3.06. The molecule has 1 saturated heterocycles. The van der Waals surface area contributed by atoms with Crippen LogP contribution in [0.25, 0.3) is 0 Å². The van der Waals surface area contributed by atoms with Crippen molar-refractivity contribution in [3.05, 3.63) is 65.2 Å². The van der Waals surface area contributed by atoms with E-state index in [1.54, 1.807) is 0 Å². The predicted octanol–water partition coefficient (Wildman–Crippen LogP) is 5.45. The van der Waals surface area contributed by atoms with E-state index in [1.807, 2.05) is 36.1 Å². The normalized spacial score (nSPS) is 18.1. The Hall–Kier alpha value is -2.29. The molecule has 1 N–H and O–H groups in total. The van der Waals surface area contributed by atoms with Crippen molar-refractivity contribution in [1.29, 1.82) is 0 Å². The van der Waals surface area contributed by atoms with Gasteiger partial charge in [0.2, 0.25) is 0 Å². The van der Waals surface area contributed by atoms with Crippen LogP contribution in [0.4, 0.5) is 10.5 Å². The highest BCUT2D eigenvalue weighted by atomic mass is 16.2. The summed E-state index contributed by atoms with van der Waals surface area (Å²) in [6.07, 6.45) is 4.47. The Morgan fingerprint density at radius 2 is 1.54 bits per heavy atom. The van der Waals surface area contributed by atoms with E-state index in [0.29, 0.717) is 0 Å². The number of nitrogens with zero attached hydrogens (tertiary/aromatic N) is 1. The van der Waals surface area contributed by atoms with Crippen LogP contribution in [0.5, 0.6) is 0 Å². The maximum atomic E-state index is 12.9. The van der Waals surface area contributed by atoms with Gasteiger partial charge in [-0.3, -0.25) is 0 Å². The summed E-state index contributed by atoms with van der Waals surface area (Å²) in [4.78, 5) is 14.9. The minimum absolute atomic E-state index is 0.00586. The molecule has 2 aromatic rings. The van der Waals surface area contributed by atoms with Crippen LogP contribution in [0.2, 0.25) is 0 Å². The van der Waals surface area contributed by atoms with E-state index in [0.717, 1.165) is 25.1 Å². The van der Waals surface area contributed by atoms with E-state index in [1.165, 1.54) is 29.5 Å². The zero-order valence-corrected chi connectivity index (χ0v) is 14.6. The molecular formula is C21H26N2O. The SMILES string of the molecule is Cc1ccc(NC(=O)N2CCCCCC2c2ccc(C)cc2)cc1. The molecule has 1 unspecified atom stereocenters. The number of urea groups is 1. The summed E-state index contributed by atoms with van der Waals surface area (Å²) in [7, 11) is 0. The quantitative estimate of drug-likeness (QED) is 0.783. The summed E-state index contributed by atoms with van der Waals surface area (Å²) in [6.45, 7) is 4.96. The second-order valence-corrected chi connectivity index (χ2v) is 6.77. The number of carbonyl (C=O) groups excluding carboxylic acids is 1. The lowest BCUT2D eigenvalue weighted by Gasteiger charge is -2.30. The minimum Gasteiger partial charge on any atom is -0.317 e. The van der Waals surface area contributed by atoms with Gasteiger partial charge in [-0.1, -0.05) is 60.4 Å². The number of amides is 2. The number of nitrogens with one attached hydrogen (secondary N) is 1. The van der Waals surface area contributed by atoms with Crippen LogP contribution in [0.1, 0.15) is 48.4 Å². The Morgan fingerprint density at radius 1 is 0.917 bits per heavy atom. The van der Waals surface area contributed by atoms with Crippen LogP contribution in [0, 0.1) is 13.8 Å². The van der Waals surface area contributed by atoms with E-state index in [-0.39, 0.29) is 12.1 Å². The number of anilines is 1. The molecule has 3 nitrogen and oxygen atoms in total. The number of hydrogen-bond acceptors (Lipinski definition) is 1. The maximum absolute atomic E-state index is 12.9. The first-order valence-electron chi connectivity index (χ1n) is 8.84. The second kappa shape index (κ2) is 7.52. The summed E-state index contributed by atoms with van der Waals surface area (Å²) in [5.74, 6) is 0. The first kappa shape index (κ1) is 16.6. The van der Waals surface area contributed by atoms with E-state index >= 15 is 0 Å². The van der Waals surface area contributed by atoms with Crippen LogP contribution in [-0.2, 0) is 0 Å². The van der Waals surface area contributed by atoms with Crippen LogP contribution in [0.15, 0.2) is 48.5 Å². The van der Waals surface area contributed by atoms with Crippen molar-refractivity contribution in [2.24, 2.45) is 0 Å². The lowest BCUT2D eigenvalue weighted by Crippen LogP contribution is -2.38. The molecule has 2 aromatic carbocycles. The zero-order chi connectivity index (χ0) is 16.9. The van der Waals surface area contributed by atoms with Crippen molar-refractivity contribution in [3.63, 3.8) is 0 Å². The van der Waals surface area contributed by atoms with Crippen molar-refractivity contribution >= 4 is 11.7 Å². The van der Waals surface area contributed by atoms with Gasteiger partial charge >= 0.3 is 6.03 Å². The molecule has 1 aliphatic rings. The minimum atomic E-state index is 0.00586. The van der Waals surface area contributed by atoms with Gasteiger partial charge < -0.3 is 10.2 Å². The highest BCUT2D eigenvalue weighted by Crippen LogP contribution is 2.31. The van der Waals surface area contributed by atoms with Gasteiger partial charge in [-0.05, 0) is 44.4 Å². The van der Waals surface area contributed by atoms with E-state index < -0.39 is 0 Å². The van der Waals surface area contributed by atoms with Crippen LogP contribution in [-0.4, -0.2) is 17.5 Å². The molecule has 0 radical (unpaired) electrons. The zero-order valence-electron chi connectivity index (χ0n) is 14.6. The molecule has 126 valence electrons. The average molecular weight is 322 g/mol. The number of rotatable bonds is 2. The standard InChI is InChI=1S/C21H26N2O/c1-16-7-11-18(12-8-16)20-6-4-3-5-15-23(20)21(24)22-19-13-9-17(2)10-14-19/h7-14,20H,3-6,15H2,1-2H3,(H,22,24). The molecule has 1 fully saturated rings. The van der Waals surface area contributed by atoms with E-state index in [9.17, 15) is 4.79 Å². The van der Waals surface area contributed by atoms with Gasteiger partial charge in [-0.15, -0.1) is 0 Å². The van der Waals surface area contributed by atoms with Gasteiger partial charge in [0.05, 0.1) is 6.04 Å². The highest BCUT2D eigenvalue weighted by molar-refractivity contribution is 5.89. The Labute approximate surface area is 144 Å². The van der Waals surface area contributed by atoms with Crippen LogP contribution >= 0.6 is 0 Å². The molecule has 1 aliphatic heterocycles. The molecular weight excluding hydrogens is 296 g/mol. The van der Waals surface area contributed by atoms with Crippen molar-refractivity contribution in [1.82, 2.24) is 4.90 Å². The molecule has 1 heterocycles. The van der Waals surface area contributed by atoms with Crippen LogP contribution in [0.3, 0.4) is 0 Å². The third-order valence-electron chi connectivity index (χ3n) is 4.78. The third kappa shape index (κ3) is 3.97. The number of hydrogen-bond donors (Lipinski definition) is 1. The predicted molar refractivity (Wildman–Crippen MR) is 99.3 cm³/mol. The van der Waals surface area contributed by atoms with Crippen molar-refractivity contribution in [2.75, 3.05) is 11.9 Å². The van der Waals surface area contributed by atoms with Gasteiger partial charge in [-0.25, -0.2) is 4.79 Å². The smallest absolute Gasteiger partial charge is 0.317 e. The van der Waals surface area contributed by atoms with Crippen LogP contribution < -0.4 is 5.32 Å². The first-order chi connectivity index (χ1) is 11.6. The molecule has 0 saturated carbocycles. The van der Waals surface area contributed by atoms with Gasteiger partial charge in [0.1, 0.15) is 0 Å². The molecule has 0 bridgehead atoms. The number of benzene rings is 2. The average Bonchev–Trinajstić information content (AvgIpc) is 2.84. The number of aryl methyl sites for hydroxylation is 2. The first-order valence-corrected chi connectivity index (χ1v) is 8.84. The maximum Gasteiger partial charge on any atom is 0.322 e. The summed E-state index contributed by atoms with van der Waals surface area (Å²) in [5.41, 5.74) is 4.54. The molecule has 0 aromatic heterocycles. The molecule has 0 spiro atoms. The van der Waals surface area contributed by atoms with Crippen molar-refractivity contribution in [3.8, 4) is 0 Å². The number of carbonyl (C=O) groups is 1. The molecule has 3 heteroatoms. The fraction of sp³-hybridized carbons (Fsp3) is 0.381. The Balaban J connectivity index is 1.79. The van der Waals surface area contributed by atoms with Gasteiger partial charge in [0.15, 0.2) is 0 Å². The molecule has 24 heavy (non-hydrogen) atoms. The largest absolute Gasteiger partial charge is 0.322 e. The molecule has 3 rings (SSSR count). The number of likely N-dealkylation sites (tertiary alicyclic amines) is 1.